The number of benzene rings is 2. The van der Waals surface area contributed by atoms with E-state index in [1.54, 1.807) is 24.3 Å². The summed E-state index contributed by atoms with van der Waals surface area (Å²) in [5.41, 5.74) is 0.457. The molecule has 0 amide bonds. The minimum atomic E-state index is -1.17. The average Bonchev–Trinajstić information content (AvgIpc) is 2.61. The van der Waals surface area contributed by atoms with E-state index < -0.39 is 16.7 Å². The van der Waals surface area contributed by atoms with Gasteiger partial charge in [-0.2, -0.15) is 0 Å². The number of halogens is 1. The van der Waals surface area contributed by atoms with Gasteiger partial charge >= 0.3 is 5.97 Å². The number of hydrogen-bond acceptors (Lipinski definition) is 5. The van der Waals surface area contributed by atoms with Gasteiger partial charge in [0.25, 0.3) is 5.69 Å². The van der Waals surface area contributed by atoms with Gasteiger partial charge < -0.3 is 14.6 Å². The largest absolute Gasteiger partial charge is 0.500 e. The molecule has 2 aromatic rings. The molecule has 0 fully saturated rings. The smallest absolute Gasteiger partial charge is 0.339 e. The summed E-state index contributed by atoms with van der Waals surface area (Å²) in [7, 11) is 1.36. The zero-order valence-corrected chi connectivity index (χ0v) is 14.1. The van der Waals surface area contributed by atoms with E-state index in [-0.39, 0.29) is 29.4 Å². The molecule has 0 spiro atoms. The van der Waals surface area contributed by atoms with Gasteiger partial charge in [0.1, 0.15) is 17.9 Å². The number of rotatable bonds is 7. The van der Waals surface area contributed by atoms with Crippen LogP contribution in [-0.2, 0) is 16.1 Å². The van der Waals surface area contributed by atoms with Crippen LogP contribution in [0.15, 0.2) is 48.2 Å². The molecule has 0 unspecified atom stereocenters. The Morgan fingerprint density at radius 2 is 1.96 bits per heavy atom. The highest BCUT2D eigenvalue weighted by molar-refractivity contribution is 6.16. The Morgan fingerprint density at radius 1 is 1.27 bits per heavy atom. The van der Waals surface area contributed by atoms with Gasteiger partial charge in [-0.05, 0) is 24.1 Å². The molecule has 2 rings (SSSR count). The number of nitro benzene ring substituents is 1. The molecule has 0 atom stereocenters. The monoisotopic (exact) mass is 361 g/mol. The number of non-ortho nitro benzene ring substituents is 1. The number of hydrogen-bond donors (Lipinski definition) is 1. The van der Waals surface area contributed by atoms with Crippen LogP contribution in [0.5, 0.6) is 5.75 Å². The first-order chi connectivity index (χ1) is 12.3. The van der Waals surface area contributed by atoms with Crippen molar-refractivity contribution in [2.24, 2.45) is 0 Å². The molecule has 0 aromatic heterocycles. The summed E-state index contributed by atoms with van der Waals surface area (Å²) < 4.78 is 24.4. The lowest BCUT2D eigenvalue weighted by molar-refractivity contribution is -0.385. The molecule has 0 bridgehead atoms. The van der Waals surface area contributed by atoms with Gasteiger partial charge in [0.05, 0.1) is 18.1 Å². The van der Waals surface area contributed by atoms with E-state index in [1.807, 2.05) is 0 Å². The van der Waals surface area contributed by atoms with Crippen LogP contribution in [0.25, 0.3) is 5.57 Å². The number of methoxy groups -OCH3 is 1. The van der Waals surface area contributed by atoms with E-state index in [1.165, 1.54) is 14.0 Å². The number of aliphatic carboxylic acids is 1. The SMILES string of the molecule is COC(C)=C(C(=O)O)c1ccccc1COc1ccc([N+](=O)[O-])cc1F. The fourth-order valence-corrected chi connectivity index (χ4v) is 2.32. The fourth-order valence-electron chi connectivity index (χ4n) is 2.32. The summed E-state index contributed by atoms with van der Waals surface area (Å²) in [6.45, 7) is 1.40. The van der Waals surface area contributed by atoms with Crippen molar-refractivity contribution in [2.75, 3.05) is 7.11 Å². The van der Waals surface area contributed by atoms with Crippen LogP contribution < -0.4 is 4.74 Å². The van der Waals surface area contributed by atoms with E-state index in [2.05, 4.69) is 0 Å². The minimum Gasteiger partial charge on any atom is -0.500 e. The van der Waals surface area contributed by atoms with Gasteiger partial charge in [-0.25, -0.2) is 9.18 Å². The molecule has 7 nitrogen and oxygen atoms in total. The third-order valence-corrected chi connectivity index (χ3v) is 3.67. The second-order valence-corrected chi connectivity index (χ2v) is 5.26. The Labute approximate surface area is 148 Å². The lowest BCUT2D eigenvalue weighted by Crippen LogP contribution is -2.08. The Balaban J connectivity index is 2.32. The van der Waals surface area contributed by atoms with Crippen LogP contribution in [0.2, 0.25) is 0 Å². The van der Waals surface area contributed by atoms with E-state index in [0.717, 1.165) is 18.2 Å². The number of carboxylic acids is 1. The first-order valence-corrected chi connectivity index (χ1v) is 7.48. The summed E-state index contributed by atoms with van der Waals surface area (Å²) in [6.07, 6.45) is 0. The lowest BCUT2D eigenvalue weighted by Gasteiger charge is -2.14. The van der Waals surface area contributed by atoms with Gasteiger partial charge in [0.2, 0.25) is 0 Å². The van der Waals surface area contributed by atoms with Crippen LogP contribution in [0.1, 0.15) is 18.1 Å². The normalized spacial score (nSPS) is 11.5. The van der Waals surface area contributed by atoms with Gasteiger partial charge in [-0.3, -0.25) is 10.1 Å². The Morgan fingerprint density at radius 3 is 2.54 bits per heavy atom. The third-order valence-electron chi connectivity index (χ3n) is 3.67. The van der Waals surface area contributed by atoms with Gasteiger partial charge in [-0.15, -0.1) is 0 Å². The van der Waals surface area contributed by atoms with Crippen LogP contribution in [0.4, 0.5) is 10.1 Å². The third kappa shape index (κ3) is 4.15. The first-order valence-electron chi connectivity index (χ1n) is 7.48. The van der Waals surface area contributed by atoms with Crippen LogP contribution in [-0.4, -0.2) is 23.1 Å². The summed E-state index contributed by atoms with van der Waals surface area (Å²) in [6, 6.07) is 9.64. The van der Waals surface area contributed by atoms with Crippen LogP contribution in [0.3, 0.4) is 0 Å². The maximum atomic E-state index is 13.9. The average molecular weight is 361 g/mol. The van der Waals surface area contributed by atoms with E-state index in [0.29, 0.717) is 11.1 Å². The van der Waals surface area contributed by atoms with Crippen molar-refractivity contribution >= 4 is 17.2 Å². The second kappa shape index (κ2) is 8.11. The number of ether oxygens (including phenoxy) is 2. The highest BCUT2D eigenvalue weighted by Crippen LogP contribution is 2.27. The number of nitrogens with zero attached hydrogens (tertiary/aromatic N) is 1. The lowest BCUT2D eigenvalue weighted by atomic mass is 9.99. The molecule has 0 saturated heterocycles. The minimum absolute atomic E-state index is 0.0316. The maximum Gasteiger partial charge on any atom is 0.339 e. The van der Waals surface area contributed by atoms with Crippen molar-refractivity contribution in [1.29, 1.82) is 0 Å². The number of allylic oxidation sites excluding steroid dienone is 1. The second-order valence-electron chi connectivity index (χ2n) is 5.26. The molecule has 0 aliphatic carbocycles. The summed E-state index contributed by atoms with van der Waals surface area (Å²) in [4.78, 5) is 21.5. The standard InChI is InChI=1S/C18H16FNO6/c1-11(25-2)17(18(21)22)14-6-4-3-5-12(14)10-26-16-8-7-13(20(23)24)9-15(16)19/h3-9H,10H2,1-2H3,(H,21,22). The van der Waals surface area contributed by atoms with Crippen molar-refractivity contribution in [2.45, 2.75) is 13.5 Å². The van der Waals surface area contributed by atoms with Crippen molar-refractivity contribution < 1.29 is 28.7 Å². The maximum absolute atomic E-state index is 13.9. The molecular weight excluding hydrogens is 345 g/mol. The Hall–Kier alpha value is -3.42. The summed E-state index contributed by atoms with van der Waals surface area (Å²) in [5.74, 6) is -2.00. The van der Waals surface area contributed by atoms with Crippen molar-refractivity contribution in [3.63, 3.8) is 0 Å². The molecule has 1 N–H and O–H groups in total. The van der Waals surface area contributed by atoms with E-state index in [9.17, 15) is 24.4 Å². The predicted molar refractivity (Wildman–Crippen MR) is 91.1 cm³/mol. The molecule has 0 radical (unpaired) electrons. The van der Waals surface area contributed by atoms with Gasteiger partial charge in [-0.1, -0.05) is 24.3 Å². The molecular formula is C18H16FNO6. The molecule has 0 saturated carbocycles. The molecule has 8 heteroatoms. The summed E-state index contributed by atoms with van der Waals surface area (Å²) in [5, 5.41) is 20.1. The molecule has 0 aliphatic rings. The number of carbonyl (C=O) groups is 1. The molecule has 0 aliphatic heterocycles. The zero-order chi connectivity index (χ0) is 19.3. The van der Waals surface area contributed by atoms with E-state index in [4.69, 9.17) is 9.47 Å². The quantitative estimate of drug-likeness (QED) is 0.349. The zero-order valence-electron chi connectivity index (χ0n) is 14.1. The Kier molecular flexibility index (Phi) is 5.90. The van der Waals surface area contributed by atoms with Crippen molar-refractivity contribution in [3.05, 3.63) is 75.3 Å². The van der Waals surface area contributed by atoms with Gasteiger partial charge in [0, 0.05) is 6.07 Å². The Bertz CT molecular complexity index is 878. The highest BCUT2D eigenvalue weighted by atomic mass is 19.1. The van der Waals surface area contributed by atoms with Crippen LogP contribution >= 0.6 is 0 Å². The summed E-state index contributed by atoms with van der Waals surface area (Å²) >= 11 is 0. The molecule has 26 heavy (non-hydrogen) atoms. The molecule has 136 valence electrons. The predicted octanol–water partition coefficient (Wildman–Crippen LogP) is 3.77. The highest BCUT2D eigenvalue weighted by Gasteiger charge is 2.19. The van der Waals surface area contributed by atoms with Gasteiger partial charge in [0.15, 0.2) is 11.6 Å². The number of carboxylic acid groups (broad SMARTS) is 1. The number of nitro groups is 1. The van der Waals surface area contributed by atoms with Crippen LogP contribution in [0, 0.1) is 15.9 Å². The van der Waals surface area contributed by atoms with Crippen molar-refractivity contribution in [1.82, 2.24) is 0 Å². The molecule has 0 heterocycles. The topological polar surface area (TPSA) is 98.9 Å². The van der Waals surface area contributed by atoms with E-state index >= 15 is 0 Å². The first kappa shape index (κ1) is 18.9. The fraction of sp³-hybridized carbons (Fsp3) is 0.167. The van der Waals surface area contributed by atoms with Crippen molar-refractivity contribution in [3.8, 4) is 5.75 Å². The molecule has 2 aromatic carbocycles.